The molecule has 0 aliphatic heterocycles. The second kappa shape index (κ2) is 5.96. The summed E-state index contributed by atoms with van der Waals surface area (Å²) in [6.45, 7) is 0. The van der Waals surface area contributed by atoms with Crippen LogP contribution < -0.4 is 5.73 Å². The minimum atomic E-state index is -0.213. The quantitative estimate of drug-likeness (QED) is 0.854. The van der Waals surface area contributed by atoms with Crippen LogP contribution in [0.2, 0.25) is 0 Å². The van der Waals surface area contributed by atoms with Gasteiger partial charge < -0.3 is 5.73 Å². The standard InChI is InChI=1S/C16H17BrFNS/c17-16-10(3-1-5-13(16)18)9-14(19)11-4-2-6-15-12(11)7-8-20-15/h1,3,5,7-8,11,14H,2,4,6,9,19H2. The molecule has 2 atom stereocenters. The van der Waals surface area contributed by atoms with E-state index in [1.807, 2.05) is 17.4 Å². The van der Waals surface area contributed by atoms with Gasteiger partial charge in [0.25, 0.3) is 0 Å². The van der Waals surface area contributed by atoms with Crippen LogP contribution in [-0.4, -0.2) is 6.04 Å². The van der Waals surface area contributed by atoms with Crippen LogP contribution in [0.15, 0.2) is 34.1 Å². The number of rotatable bonds is 3. The maximum atomic E-state index is 13.6. The van der Waals surface area contributed by atoms with Crippen LogP contribution in [0.4, 0.5) is 4.39 Å². The minimum absolute atomic E-state index is 0.0433. The third-order valence-electron chi connectivity index (χ3n) is 4.10. The predicted molar refractivity (Wildman–Crippen MR) is 85.8 cm³/mol. The van der Waals surface area contributed by atoms with E-state index in [0.29, 0.717) is 16.8 Å². The Labute approximate surface area is 131 Å². The summed E-state index contributed by atoms with van der Waals surface area (Å²) in [5, 5.41) is 2.16. The fourth-order valence-corrected chi connectivity index (χ4v) is 4.49. The van der Waals surface area contributed by atoms with Crippen LogP contribution in [0, 0.1) is 5.82 Å². The molecule has 1 nitrogen and oxygen atoms in total. The molecule has 0 amide bonds. The maximum Gasteiger partial charge on any atom is 0.137 e. The molecule has 4 heteroatoms. The molecule has 0 spiro atoms. The number of benzene rings is 1. The third kappa shape index (κ3) is 2.69. The van der Waals surface area contributed by atoms with Crippen LogP contribution in [0.1, 0.15) is 34.8 Å². The van der Waals surface area contributed by atoms with Gasteiger partial charge in [0.15, 0.2) is 0 Å². The van der Waals surface area contributed by atoms with Gasteiger partial charge in [-0.15, -0.1) is 11.3 Å². The van der Waals surface area contributed by atoms with Crippen LogP contribution >= 0.6 is 27.3 Å². The molecule has 0 fully saturated rings. The number of fused-ring (bicyclic) bond motifs is 1. The Bertz CT molecular complexity index is 610. The first-order valence-electron chi connectivity index (χ1n) is 6.91. The molecule has 0 saturated carbocycles. The SMILES string of the molecule is NC(Cc1cccc(F)c1Br)C1CCCc2sccc21. The highest BCUT2D eigenvalue weighted by molar-refractivity contribution is 9.10. The van der Waals surface area contributed by atoms with Crippen molar-refractivity contribution < 1.29 is 4.39 Å². The van der Waals surface area contributed by atoms with Gasteiger partial charge in [-0.1, -0.05) is 12.1 Å². The van der Waals surface area contributed by atoms with E-state index in [0.717, 1.165) is 12.0 Å². The summed E-state index contributed by atoms with van der Waals surface area (Å²) in [4.78, 5) is 1.48. The van der Waals surface area contributed by atoms with Gasteiger partial charge in [-0.3, -0.25) is 0 Å². The minimum Gasteiger partial charge on any atom is -0.327 e. The van der Waals surface area contributed by atoms with E-state index in [1.165, 1.54) is 29.3 Å². The number of aryl methyl sites for hydroxylation is 1. The number of hydrogen-bond acceptors (Lipinski definition) is 2. The molecule has 1 aliphatic carbocycles. The van der Waals surface area contributed by atoms with Gasteiger partial charge in [0.1, 0.15) is 5.82 Å². The molecule has 0 saturated heterocycles. The van der Waals surface area contributed by atoms with E-state index in [9.17, 15) is 4.39 Å². The molecule has 0 bridgehead atoms. The predicted octanol–water partition coefficient (Wildman–Crippen LogP) is 4.64. The second-order valence-corrected chi connectivity index (χ2v) is 7.17. The molecule has 106 valence electrons. The van der Waals surface area contributed by atoms with Gasteiger partial charge in [-0.25, -0.2) is 4.39 Å². The summed E-state index contributed by atoms with van der Waals surface area (Å²) in [5.41, 5.74) is 8.81. The average molecular weight is 354 g/mol. The van der Waals surface area contributed by atoms with E-state index in [2.05, 4.69) is 27.4 Å². The molecule has 1 aromatic carbocycles. The van der Waals surface area contributed by atoms with Crippen molar-refractivity contribution in [1.82, 2.24) is 0 Å². The molecular formula is C16H17BrFNS. The summed E-state index contributed by atoms with van der Waals surface area (Å²) in [6, 6.07) is 7.42. The fourth-order valence-electron chi connectivity index (χ4n) is 3.07. The molecule has 2 N–H and O–H groups in total. The summed E-state index contributed by atoms with van der Waals surface area (Å²) >= 11 is 5.16. The number of thiophene rings is 1. The Morgan fingerprint density at radius 3 is 3.10 bits per heavy atom. The lowest BCUT2D eigenvalue weighted by Crippen LogP contribution is -2.32. The van der Waals surface area contributed by atoms with E-state index in [4.69, 9.17) is 5.73 Å². The zero-order valence-electron chi connectivity index (χ0n) is 11.1. The lowest BCUT2D eigenvalue weighted by molar-refractivity contribution is 0.462. The summed E-state index contributed by atoms with van der Waals surface area (Å²) < 4.78 is 14.1. The molecule has 2 unspecified atom stereocenters. The highest BCUT2D eigenvalue weighted by atomic mass is 79.9. The smallest absolute Gasteiger partial charge is 0.137 e. The monoisotopic (exact) mass is 353 g/mol. The zero-order chi connectivity index (χ0) is 14.1. The normalized spacial score (nSPS) is 19.6. The summed E-state index contributed by atoms with van der Waals surface area (Å²) in [5.74, 6) is 0.190. The Morgan fingerprint density at radius 2 is 2.25 bits per heavy atom. The van der Waals surface area contributed by atoms with E-state index in [-0.39, 0.29) is 11.9 Å². The van der Waals surface area contributed by atoms with Gasteiger partial charge >= 0.3 is 0 Å². The fraction of sp³-hybridized carbons (Fsp3) is 0.375. The van der Waals surface area contributed by atoms with Crippen molar-refractivity contribution in [3.05, 3.63) is 55.9 Å². The molecule has 1 aliphatic rings. The molecular weight excluding hydrogens is 337 g/mol. The summed E-state index contributed by atoms with van der Waals surface area (Å²) in [7, 11) is 0. The molecule has 3 rings (SSSR count). The first kappa shape index (κ1) is 14.2. The first-order valence-corrected chi connectivity index (χ1v) is 8.59. The highest BCUT2D eigenvalue weighted by Gasteiger charge is 2.27. The Kier molecular flexibility index (Phi) is 4.24. The van der Waals surface area contributed by atoms with Crippen LogP contribution in [0.3, 0.4) is 0 Å². The average Bonchev–Trinajstić information content (AvgIpc) is 2.92. The van der Waals surface area contributed by atoms with Crippen LogP contribution in [-0.2, 0) is 12.8 Å². The molecule has 1 heterocycles. The van der Waals surface area contributed by atoms with Crippen molar-refractivity contribution in [2.24, 2.45) is 5.73 Å². The van der Waals surface area contributed by atoms with E-state index < -0.39 is 0 Å². The van der Waals surface area contributed by atoms with Gasteiger partial charge in [-0.05, 0) is 70.3 Å². The number of nitrogens with two attached hydrogens (primary N) is 1. The Morgan fingerprint density at radius 1 is 1.40 bits per heavy atom. The van der Waals surface area contributed by atoms with E-state index >= 15 is 0 Å². The van der Waals surface area contributed by atoms with Gasteiger partial charge in [-0.2, -0.15) is 0 Å². The second-order valence-electron chi connectivity index (χ2n) is 5.38. The number of halogens is 2. The molecule has 20 heavy (non-hydrogen) atoms. The van der Waals surface area contributed by atoms with Crippen molar-refractivity contribution in [2.45, 2.75) is 37.6 Å². The van der Waals surface area contributed by atoms with Crippen LogP contribution in [0.5, 0.6) is 0 Å². The van der Waals surface area contributed by atoms with Crippen molar-refractivity contribution in [3.63, 3.8) is 0 Å². The lowest BCUT2D eigenvalue weighted by Gasteiger charge is -2.28. The van der Waals surface area contributed by atoms with Gasteiger partial charge in [0, 0.05) is 16.8 Å². The van der Waals surface area contributed by atoms with Crippen molar-refractivity contribution >= 4 is 27.3 Å². The van der Waals surface area contributed by atoms with Gasteiger partial charge in [0.2, 0.25) is 0 Å². The van der Waals surface area contributed by atoms with Crippen LogP contribution in [0.25, 0.3) is 0 Å². The third-order valence-corrected chi connectivity index (χ3v) is 5.99. The highest BCUT2D eigenvalue weighted by Crippen LogP contribution is 2.37. The molecule has 0 radical (unpaired) electrons. The van der Waals surface area contributed by atoms with Crippen molar-refractivity contribution in [3.8, 4) is 0 Å². The number of hydrogen-bond donors (Lipinski definition) is 1. The van der Waals surface area contributed by atoms with Crippen molar-refractivity contribution in [2.75, 3.05) is 0 Å². The lowest BCUT2D eigenvalue weighted by atomic mass is 9.81. The molecule has 1 aromatic heterocycles. The Hall–Kier alpha value is -0.710. The van der Waals surface area contributed by atoms with E-state index in [1.54, 1.807) is 6.07 Å². The topological polar surface area (TPSA) is 26.0 Å². The van der Waals surface area contributed by atoms with Gasteiger partial charge in [0.05, 0.1) is 4.47 Å². The Balaban J connectivity index is 1.81. The first-order chi connectivity index (χ1) is 9.66. The maximum absolute atomic E-state index is 13.6. The molecule has 2 aromatic rings. The zero-order valence-corrected chi connectivity index (χ0v) is 13.5. The van der Waals surface area contributed by atoms with Crippen molar-refractivity contribution in [1.29, 1.82) is 0 Å². The largest absolute Gasteiger partial charge is 0.327 e. The summed E-state index contributed by atoms with van der Waals surface area (Å²) in [6.07, 6.45) is 4.23.